The van der Waals surface area contributed by atoms with Gasteiger partial charge in [-0.2, -0.15) is 0 Å². The van der Waals surface area contributed by atoms with E-state index in [9.17, 15) is 4.79 Å². The second kappa shape index (κ2) is 9.25. The normalized spacial score (nSPS) is 10.3. The zero-order chi connectivity index (χ0) is 13.9. The van der Waals surface area contributed by atoms with Gasteiger partial charge in [0.1, 0.15) is 5.75 Å². The van der Waals surface area contributed by atoms with E-state index >= 15 is 0 Å². The monoisotopic (exact) mass is 264 g/mol. The molecule has 0 saturated heterocycles. The first-order valence-corrected chi connectivity index (χ1v) is 6.88. The molecular formula is C15H24N2O2. The van der Waals surface area contributed by atoms with Crippen LogP contribution in [0.5, 0.6) is 5.75 Å². The lowest BCUT2D eigenvalue weighted by Gasteiger charge is -2.09. The predicted octanol–water partition coefficient (Wildman–Crippen LogP) is 2.80. The molecule has 4 heteroatoms. The summed E-state index contributed by atoms with van der Waals surface area (Å²) in [5.41, 5.74) is 0. The van der Waals surface area contributed by atoms with Crippen molar-refractivity contribution in [2.45, 2.75) is 26.7 Å². The van der Waals surface area contributed by atoms with Crippen molar-refractivity contribution in [3.8, 4) is 5.75 Å². The minimum absolute atomic E-state index is 0.0969. The van der Waals surface area contributed by atoms with E-state index in [1.54, 1.807) is 0 Å². The van der Waals surface area contributed by atoms with E-state index in [1.165, 1.54) is 0 Å². The van der Waals surface area contributed by atoms with Crippen LogP contribution in [0.2, 0.25) is 0 Å². The molecule has 2 N–H and O–H groups in total. The van der Waals surface area contributed by atoms with Crippen molar-refractivity contribution in [3.05, 3.63) is 30.3 Å². The Bertz CT molecular complexity index is 352. The Kier molecular flexibility index (Phi) is 7.47. The third kappa shape index (κ3) is 8.08. The molecule has 1 aromatic rings. The van der Waals surface area contributed by atoms with Crippen LogP contribution in [0.1, 0.15) is 26.7 Å². The van der Waals surface area contributed by atoms with Gasteiger partial charge in [-0.15, -0.1) is 0 Å². The number of carbonyl (C=O) groups excluding carboxylic acids is 1. The molecule has 0 saturated carbocycles. The number of benzene rings is 1. The van der Waals surface area contributed by atoms with Crippen molar-refractivity contribution in [3.63, 3.8) is 0 Å². The lowest BCUT2D eigenvalue weighted by Crippen LogP contribution is -2.37. The minimum atomic E-state index is -0.0969. The molecule has 0 unspecified atom stereocenters. The second-order valence-corrected chi connectivity index (χ2v) is 4.88. The van der Waals surface area contributed by atoms with Crippen molar-refractivity contribution in [2.75, 3.05) is 19.7 Å². The SMILES string of the molecule is CC(C)CCNC(=O)NCCCOc1ccccc1. The largest absolute Gasteiger partial charge is 0.494 e. The molecule has 1 rings (SSSR count). The molecule has 0 fully saturated rings. The van der Waals surface area contributed by atoms with Crippen molar-refractivity contribution < 1.29 is 9.53 Å². The van der Waals surface area contributed by atoms with Gasteiger partial charge in [-0.3, -0.25) is 0 Å². The van der Waals surface area contributed by atoms with Crippen LogP contribution in [-0.2, 0) is 0 Å². The highest BCUT2D eigenvalue weighted by Crippen LogP contribution is 2.07. The smallest absolute Gasteiger partial charge is 0.314 e. The molecular weight excluding hydrogens is 240 g/mol. The zero-order valence-corrected chi connectivity index (χ0v) is 11.8. The minimum Gasteiger partial charge on any atom is -0.494 e. The molecule has 4 nitrogen and oxygen atoms in total. The fourth-order valence-corrected chi connectivity index (χ4v) is 1.52. The van der Waals surface area contributed by atoms with Gasteiger partial charge >= 0.3 is 6.03 Å². The third-order valence-electron chi connectivity index (χ3n) is 2.63. The molecule has 0 atom stereocenters. The summed E-state index contributed by atoms with van der Waals surface area (Å²) in [5, 5.41) is 5.64. The number of amides is 2. The molecule has 0 aliphatic rings. The Labute approximate surface area is 115 Å². The number of rotatable bonds is 8. The number of carbonyl (C=O) groups is 1. The lowest BCUT2D eigenvalue weighted by atomic mass is 10.1. The van der Waals surface area contributed by atoms with Gasteiger partial charge in [0, 0.05) is 13.1 Å². The van der Waals surface area contributed by atoms with Crippen molar-refractivity contribution >= 4 is 6.03 Å². The highest BCUT2D eigenvalue weighted by atomic mass is 16.5. The van der Waals surface area contributed by atoms with Gasteiger partial charge in [0.25, 0.3) is 0 Å². The van der Waals surface area contributed by atoms with Gasteiger partial charge in [0.05, 0.1) is 6.61 Å². The summed E-state index contributed by atoms with van der Waals surface area (Å²) >= 11 is 0. The van der Waals surface area contributed by atoms with E-state index in [0.29, 0.717) is 19.1 Å². The van der Waals surface area contributed by atoms with Gasteiger partial charge in [0.2, 0.25) is 0 Å². The first-order chi connectivity index (χ1) is 9.18. The van der Waals surface area contributed by atoms with Gasteiger partial charge < -0.3 is 15.4 Å². The van der Waals surface area contributed by atoms with Gasteiger partial charge in [0.15, 0.2) is 0 Å². The first-order valence-electron chi connectivity index (χ1n) is 6.88. The lowest BCUT2D eigenvalue weighted by molar-refractivity contribution is 0.238. The fourth-order valence-electron chi connectivity index (χ4n) is 1.52. The van der Waals surface area contributed by atoms with E-state index in [-0.39, 0.29) is 6.03 Å². The molecule has 1 aromatic carbocycles. The van der Waals surface area contributed by atoms with Crippen LogP contribution in [0.3, 0.4) is 0 Å². The van der Waals surface area contributed by atoms with E-state index in [4.69, 9.17) is 4.74 Å². The molecule has 0 aliphatic carbocycles. The summed E-state index contributed by atoms with van der Waals surface area (Å²) < 4.78 is 5.53. The van der Waals surface area contributed by atoms with E-state index in [2.05, 4.69) is 24.5 Å². The molecule has 0 heterocycles. The predicted molar refractivity (Wildman–Crippen MR) is 77.4 cm³/mol. The van der Waals surface area contributed by atoms with Crippen molar-refractivity contribution in [2.24, 2.45) is 5.92 Å². The fraction of sp³-hybridized carbons (Fsp3) is 0.533. The summed E-state index contributed by atoms with van der Waals surface area (Å²) in [6, 6.07) is 9.58. The molecule has 0 aliphatic heterocycles. The molecule has 106 valence electrons. The maximum Gasteiger partial charge on any atom is 0.314 e. The third-order valence-corrected chi connectivity index (χ3v) is 2.63. The first kappa shape index (κ1) is 15.3. The molecule has 0 spiro atoms. The highest BCUT2D eigenvalue weighted by molar-refractivity contribution is 5.73. The molecule has 19 heavy (non-hydrogen) atoms. The Morgan fingerprint density at radius 2 is 1.84 bits per heavy atom. The van der Waals surface area contributed by atoms with Crippen LogP contribution in [-0.4, -0.2) is 25.7 Å². The number of nitrogens with one attached hydrogen (secondary N) is 2. The summed E-state index contributed by atoms with van der Waals surface area (Å²) in [5.74, 6) is 1.48. The number of ether oxygens (including phenoxy) is 1. The van der Waals surface area contributed by atoms with E-state index in [1.807, 2.05) is 30.3 Å². The maximum atomic E-state index is 11.4. The average molecular weight is 264 g/mol. The molecule has 0 bridgehead atoms. The van der Waals surface area contributed by atoms with Crippen LogP contribution in [0, 0.1) is 5.92 Å². The molecule has 2 amide bonds. The van der Waals surface area contributed by atoms with Gasteiger partial charge in [-0.1, -0.05) is 32.0 Å². The Balaban J connectivity index is 1.97. The summed E-state index contributed by atoms with van der Waals surface area (Å²) in [4.78, 5) is 11.4. The highest BCUT2D eigenvalue weighted by Gasteiger charge is 2.00. The average Bonchev–Trinajstić information content (AvgIpc) is 2.39. The quantitative estimate of drug-likeness (QED) is 0.709. The Morgan fingerprint density at radius 3 is 2.53 bits per heavy atom. The van der Waals surface area contributed by atoms with Crippen LogP contribution in [0.15, 0.2) is 30.3 Å². The van der Waals surface area contributed by atoms with E-state index < -0.39 is 0 Å². The Morgan fingerprint density at radius 1 is 1.16 bits per heavy atom. The molecule has 0 aromatic heterocycles. The van der Waals surface area contributed by atoms with Crippen molar-refractivity contribution in [1.29, 1.82) is 0 Å². The standard InChI is InChI=1S/C15H24N2O2/c1-13(2)9-11-17-15(18)16-10-6-12-19-14-7-4-3-5-8-14/h3-5,7-8,13H,6,9-12H2,1-2H3,(H2,16,17,18). The van der Waals surface area contributed by atoms with Crippen LogP contribution < -0.4 is 15.4 Å². The number of hydrogen-bond acceptors (Lipinski definition) is 2. The topological polar surface area (TPSA) is 50.4 Å². The summed E-state index contributed by atoms with van der Waals surface area (Å²) in [6.45, 7) is 6.24. The van der Waals surface area contributed by atoms with Crippen LogP contribution in [0.4, 0.5) is 4.79 Å². The van der Waals surface area contributed by atoms with E-state index in [0.717, 1.165) is 25.1 Å². The Hall–Kier alpha value is -1.71. The summed E-state index contributed by atoms with van der Waals surface area (Å²) in [6.07, 6.45) is 1.80. The zero-order valence-electron chi connectivity index (χ0n) is 11.8. The van der Waals surface area contributed by atoms with Crippen LogP contribution in [0.25, 0.3) is 0 Å². The maximum absolute atomic E-state index is 11.4. The van der Waals surface area contributed by atoms with Gasteiger partial charge in [-0.05, 0) is 30.9 Å². The van der Waals surface area contributed by atoms with Gasteiger partial charge in [-0.25, -0.2) is 4.79 Å². The molecule has 0 radical (unpaired) electrons. The number of urea groups is 1. The van der Waals surface area contributed by atoms with Crippen LogP contribution >= 0.6 is 0 Å². The second-order valence-electron chi connectivity index (χ2n) is 4.88. The number of para-hydroxylation sites is 1. The summed E-state index contributed by atoms with van der Waals surface area (Å²) in [7, 11) is 0. The number of hydrogen-bond donors (Lipinski definition) is 2. The van der Waals surface area contributed by atoms with Crippen molar-refractivity contribution in [1.82, 2.24) is 10.6 Å².